The van der Waals surface area contributed by atoms with E-state index in [4.69, 9.17) is 0 Å². The first-order chi connectivity index (χ1) is 20.0. The largest absolute Gasteiger partial charge is 0.354 e. The van der Waals surface area contributed by atoms with Gasteiger partial charge in [0.25, 0.3) is 0 Å². The lowest BCUT2D eigenvalue weighted by Gasteiger charge is -2.11. The van der Waals surface area contributed by atoms with Gasteiger partial charge in [-0.2, -0.15) is 5.10 Å². The molecule has 3 aromatic heterocycles. The molecule has 3 N–H and O–H groups in total. The molecule has 0 saturated carbocycles. The van der Waals surface area contributed by atoms with Crippen molar-refractivity contribution in [1.29, 1.82) is 0 Å². The summed E-state index contributed by atoms with van der Waals surface area (Å²) in [7, 11) is 0. The molecule has 3 aromatic carbocycles. The maximum absolute atomic E-state index is 14.7. The number of H-pyrrole nitrogens is 2. The number of benzene rings is 3. The van der Waals surface area contributed by atoms with Gasteiger partial charge in [0.2, 0.25) is 0 Å². The first-order valence-electron chi connectivity index (χ1n) is 13.3. The molecule has 5 nitrogen and oxygen atoms in total. The Labute approximate surface area is 237 Å². The fourth-order valence-corrected chi connectivity index (χ4v) is 4.96. The molecule has 0 bridgehead atoms. The quantitative estimate of drug-likeness (QED) is 0.203. The van der Waals surface area contributed by atoms with E-state index in [2.05, 4.69) is 38.6 Å². The molecule has 41 heavy (non-hydrogen) atoms. The second-order valence-electron chi connectivity index (χ2n) is 9.72. The number of halogens is 1. The van der Waals surface area contributed by atoms with Crippen molar-refractivity contribution < 1.29 is 4.39 Å². The Bertz CT molecular complexity index is 2030. The summed E-state index contributed by atoms with van der Waals surface area (Å²) in [4.78, 5) is 7.90. The Morgan fingerprint density at radius 2 is 1.66 bits per heavy atom. The predicted molar refractivity (Wildman–Crippen MR) is 167 cm³/mol. The van der Waals surface area contributed by atoms with E-state index in [1.165, 1.54) is 6.07 Å². The summed E-state index contributed by atoms with van der Waals surface area (Å²) in [5.74, 6) is -0.256. The number of pyridine rings is 1. The summed E-state index contributed by atoms with van der Waals surface area (Å²) >= 11 is 0. The number of fused-ring (bicyclic) bond motifs is 1. The Morgan fingerprint density at radius 3 is 2.46 bits per heavy atom. The molecule has 0 spiro atoms. The normalized spacial score (nSPS) is 12.1. The van der Waals surface area contributed by atoms with Gasteiger partial charge in [-0.1, -0.05) is 79.9 Å². The number of hydrogen-bond acceptors (Lipinski definition) is 3. The Kier molecular flexibility index (Phi) is 6.88. The van der Waals surface area contributed by atoms with Crippen molar-refractivity contribution in [2.75, 3.05) is 5.32 Å². The molecule has 3 heterocycles. The van der Waals surface area contributed by atoms with Crippen LogP contribution in [0.1, 0.15) is 18.1 Å². The zero-order valence-electron chi connectivity index (χ0n) is 22.6. The molecule has 0 amide bonds. The zero-order chi connectivity index (χ0) is 28.3. The van der Waals surface area contributed by atoms with Gasteiger partial charge in [-0.3, -0.25) is 10.1 Å². The second-order valence-corrected chi connectivity index (χ2v) is 9.72. The Balaban J connectivity index is 1.37. The minimum atomic E-state index is -0.256. The molecule has 0 fully saturated rings. The molecule has 6 aromatic rings. The fourth-order valence-electron chi connectivity index (χ4n) is 4.96. The van der Waals surface area contributed by atoms with Crippen molar-refractivity contribution in [1.82, 2.24) is 20.2 Å². The Morgan fingerprint density at radius 1 is 0.878 bits per heavy atom. The van der Waals surface area contributed by atoms with Crippen molar-refractivity contribution in [3.05, 3.63) is 138 Å². The van der Waals surface area contributed by atoms with E-state index >= 15 is 0 Å². The third kappa shape index (κ3) is 5.11. The summed E-state index contributed by atoms with van der Waals surface area (Å²) in [6, 6.07) is 26.6. The second kappa shape index (κ2) is 10.9. The van der Waals surface area contributed by atoms with Gasteiger partial charge in [0.1, 0.15) is 11.5 Å². The highest BCUT2D eigenvalue weighted by Crippen LogP contribution is 2.32. The van der Waals surface area contributed by atoms with Crippen LogP contribution in [0.15, 0.2) is 110 Å². The summed E-state index contributed by atoms with van der Waals surface area (Å²) < 4.78 is 14.7. The molecule has 0 atom stereocenters. The lowest BCUT2D eigenvalue weighted by molar-refractivity contribution is 0.631. The van der Waals surface area contributed by atoms with E-state index in [0.29, 0.717) is 5.56 Å². The molecule has 0 unspecified atom stereocenters. The monoisotopic (exact) mass is 537 g/mol. The lowest BCUT2D eigenvalue weighted by Crippen LogP contribution is -2.23. The zero-order valence-corrected chi connectivity index (χ0v) is 22.6. The molecule has 200 valence electrons. The van der Waals surface area contributed by atoms with E-state index in [-0.39, 0.29) is 5.82 Å². The van der Waals surface area contributed by atoms with Crippen LogP contribution in [0.25, 0.3) is 56.8 Å². The lowest BCUT2D eigenvalue weighted by atomic mass is 10.0. The number of aromatic amines is 2. The standard InChI is InChI=1S/C35H28FN5/c1-4-32-30(17-22(2)25-18-26(21-37-20-25)38-23(3)24-11-6-5-7-12-24)35(41-40-32)34-19-29-27(14-10-16-33(29)39-34)28-13-8-9-15-31(28)36/h4-21,38-40H,2-3H2,1H3/b30-17+,32-4+. The molecule has 0 aliphatic carbocycles. The van der Waals surface area contributed by atoms with Crippen molar-refractivity contribution in [3.8, 4) is 22.5 Å². The number of hydrogen-bond donors (Lipinski definition) is 3. The van der Waals surface area contributed by atoms with Crippen LogP contribution in [0.2, 0.25) is 0 Å². The van der Waals surface area contributed by atoms with Crippen LogP contribution >= 0.6 is 0 Å². The van der Waals surface area contributed by atoms with Gasteiger partial charge >= 0.3 is 0 Å². The van der Waals surface area contributed by atoms with Crippen LogP contribution in [0.3, 0.4) is 0 Å². The van der Waals surface area contributed by atoms with Gasteiger partial charge in [-0.05, 0) is 54.0 Å². The van der Waals surface area contributed by atoms with Gasteiger partial charge in [0.05, 0.1) is 22.9 Å². The van der Waals surface area contributed by atoms with Gasteiger partial charge in [-0.25, -0.2) is 4.39 Å². The van der Waals surface area contributed by atoms with Gasteiger partial charge in [-0.15, -0.1) is 0 Å². The van der Waals surface area contributed by atoms with Crippen LogP contribution in [0, 0.1) is 5.82 Å². The molecule has 6 heteroatoms. The van der Waals surface area contributed by atoms with Crippen molar-refractivity contribution in [2.24, 2.45) is 0 Å². The van der Waals surface area contributed by atoms with Crippen LogP contribution < -0.4 is 15.9 Å². The third-order valence-electron chi connectivity index (χ3n) is 7.05. The molecular formula is C35H28FN5. The summed E-state index contributed by atoms with van der Waals surface area (Å²) in [6.45, 7) is 10.5. The Hall–Kier alpha value is -5.49. The van der Waals surface area contributed by atoms with Gasteiger partial charge < -0.3 is 10.3 Å². The first-order valence-corrected chi connectivity index (χ1v) is 13.3. The third-order valence-corrected chi connectivity index (χ3v) is 7.05. The summed E-state index contributed by atoms with van der Waals surface area (Å²) in [6.07, 6.45) is 7.53. The first kappa shape index (κ1) is 25.8. The van der Waals surface area contributed by atoms with Gasteiger partial charge in [0.15, 0.2) is 0 Å². The van der Waals surface area contributed by atoms with Crippen molar-refractivity contribution >= 4 is 40.0 Å². The number of rotatable bonds is 7. The number of nitrogens with one attached hydrogen (secondary N) is 3. The van der Waals surface area contributed by atoms with Crippen molar-refractivity contribution in [3.63, 3.8) is 0 Å². The highest BCUT2D eigenvalue weighted by molar-refractivity contribution is 5.98. The number of anilines is 1. The summed E-state index contributed by atoms with van der Waals surface area (Å²) in [5, 5.41) is 13.8. The van der Waals surface area contributed by atoms with E-state index in [0.717, 1.165) is 66.5 Å². The minimum absolute atomic E-state index is 0.256. The van der Waals surface area contributed by atoms with E-state index in [9.17, 15) is 4.39 Å². The van der Waals surface area contributed by atoms with E-state index in [1.807, 2.05) is 85.8 Å². The number of nitrogens with zero attached hydrogens (tertiary/aromatic N) is 2. The SMILES string of the molecule is C=C(/C=c1/c(-c2cc3c(-c4ccccc4F)cccc3[nH]2)n[nH]/c1=C/C)c1cncc(NC(=C)c2ccccc2)c1. The van der Waals surface area contributed by atoms with Crippen LogP contribution in [0.4, 0.5) is 10.1 Å². The van der Waals surface area contributed by atoms with E-state index in [1.54, 1.807) is 24.5 Å². The minimum Gasteiger partial charge on any atom is -0.354 e. The number of aromatic nitrogens is 4. The molecule has 0 saturated heterocycles. The van der Waals surface area contributed by atoms with E-state index < -0.39 is 0 Å². The van der Waals surface area contributed by atoms with Gasteiger partial charge in [0, 0.05) is 39.1 Å². The number of allylic oxidation sites excluding steroid dienone is 1. The highest BCUT2D eigenvalue weighted by atomic mass is 19.1. The van der Waals surface area contributed by atoms with Crippen molar-refractivity contribution in [2.45, 2.75) is 6.92 Å². The average molecular weight is 538 g/mol. The molecule has 0 aliphatic rings. The maximum Gasteiger partial charge on any atom is 0.131 e. The highest BCUT2D eigenvalue weighted by Gasteiger charge is 2.14. The maximum atomic E-state index is 14.7. The van der Waals surface area contributed by atoms with Crippen LogP contribution in [-0.4, -0.2) is 20.2 Å². The molecule has 0 aliphatic heterocycles. The summed E-state index contributed by atoms with van der Waals surface area (Å²) in [5.41, 5.74) is 8.10. The molecule has 6 rings (SSSR count). The molecule has 0 radical (unpaired) electrons. The van der Waals surface area contributed by atoms with Crippen LogP contribution in [-0.2, 0) is 0 Å². The van der Waals surface area contributed by atoms with Crippen LogP contribution in [0.5, 0.6) is 0 Å². The molecular weight excluding hydrogens is 509 g/mol. The fraction of sp³-hybridized carbons (Fsp3) is 0.0286. The predicted octanol–water partition coefficient (Wildman–Crippen LogP) is 7.14. The topological polar surface area (TPSA) is 69.4 Å². The average Bonchev–Trinajstić information content (AvgIpc) is 3.62. The smallest absolute Gasteiger partial charge is 0.131 e.